The van der Waals surface area contributed by atoms with Gasteiger partial charge in [-0.15, -0.1) is 0 Å². The van der Waals surface area contributed by atoms with E-state index in [0.29, 0.717) is 12.8 Å². The highest BCUT2D eigenvalue weighted by molar-refractivity contribution is 5.78. The summed E-state index contributed by atoms with van der Waals surface area (Å²) >= 11 is 0. The van der Waals surface area contributed by atoms with Gasteiger partial charge in [0.2, 0.25) is 5.91 Å². The molecule has 110 valence electrons. The standard InChI is InChI=1S/C11H17F3N2O3/c1-15(7-11(12,13)14)6-9(17)16-4-2-8(3-5-16)10(18)19/h8H,2-7H2,1H3,(H,18,19). The molecule has 0 aromatic carbocycles. The summed E-state index contributed by atoms with van der Waals surface area (Å²) in [7, 11) is 1.23. The number of alkyl halides is 3. The minimum absolute atomic E-state index is 0.287. The number of aliphatic carboxylic acids is 1. The Morgan fingerprint density at radius 1 is 1.32 bits per heavy atom. The minimum atomic E-state index is -4.33. The summed E-state index contributed by atoms with van der Waals surface area (Å²) in [4.78, 5) is 24.8. The Balaban J connectivity index is 2.37. The summed E-state index contributed by atoms with van der Waals surface area (Å²) in [5.74, 6) is -1.74. The largest absolute Gasteiger partial charge is 0.481 e. The Bertz CT molecular complexity index is 339. The second-order valence-electron chi connectivity index (χ2n) is 4.78. The SMILES string of the molecule is CN(CC(=O)N1CCC(C(=O)O)CC1)CC(F)(F)F. The summed E-state index contributed by atoms with van der Waals surface area (Å²) in [6, 6.07) is 0. The van der Waals surface area contributed by atoms with Crippen LogP contribution in [0.4, 0.5) is 13.2 Å². The summed E-state index contributed by atoms with van der Waals surface area (Å²) in [5.41, 5.74) is 0. The van der Waals surface area contributed by atoms with Crippen LogP contribution < -0.4 is 0 Å². The molecule has 1 aliphatic heterocycles. The lowest BCUT2D eigenvalue weighted by Gasteiger charge is -2.31. The molecule has 0 bridgehead atoms. The monoisotopic (exact) mass is 282 g/mol. The fraction of sp³-hybridized carbons (Fsp3) is 0.818. The van der Waals surface area contributed by atoms with Gasteiger partial charge in [0.1, 0.15) is 0 Å². The molecule has 0 unspecified atom stereocenters. The van der Waals surface area contributed by atoms with E-state index in [1.54, 1.807) is 0 Å². The van der Waals surface area contributed by atoms with E-state index in [-0.39, 0.29) is 19.6 Å². The van der Waals surface area contributed by atoms with Crippen molar-refractivity contribution in [3.63, 3.8) is 0 Å². The van der Waals surface area contributed by atoms with Gasteiger partial charge in [0.05, 0.1) is 19.0 Å². The number of likely N-dealkylation sites (N-methyl/N-ethyl adjacent to an activating group) is 1. The van der Waals surface area contributed by atoms with Crippen LogP contribution in [0.1, 0.15) is 12.8 Å². The van der Waals surface area contributed by atoms with E-state index in [2.05, 4.69) is 0 Å². The maximum Gasteiger partial charge on any atom is 0.401 e. The Morgan fingerprint density at radius 2 is 1.84 bits per heavy atom. The van der Waals surface area contributed by atoms with Gasteiger partial charge >= 0.3 is 12.1 Å². The van der Waals surface area contributed by atoms with E-state index < -0.39 is 30.5 Å². The molecule has 0 radical (unpaired) electrons. The number of carbonyl (C=O) groups is 2. The first-order valence-corrected chi connectivity index (χ1v) is 5.95. The summed E-state index contributed by atoms with van der Waals surface area (Å²) in [6.07, 6.45) is -3.63. The highest BCUT2D eigenvalue weighted by atomic mass is 19.4. The van der Waals surface area contributed by atoms with Gasteiger partial charge in [0.25, 0.3) is 0 Å². The van der Waals surface area contributed by atoms with Crippen LogP contribution in [0.15, 0.2) is 0 Å². The van der Waals surface area contributed by atoms with E-state index in [9.17, 15) is 22.8 Å². The second-order valence-corrected chi connectivity index (χ2v) is 4.78. The number of amides is 1. The number of halogens is 3. The van der Waals surface area contributed by atoms with Crippen molar-refractivity contribution in [3.05, 3.63) is 0 Å². The van der Waals surface area contributed by atoms with Crippen molar-refractivity contribution >= 4 is 11.9 Å². The van der Waals surface area contributed by atoms with E-state index in [1.165, 1.54) is 11.9 Å². The number of piperidine rings is 1. The molecular weight excluding hydrogens is 265 g/mol. The zero-order valence-corrected chi connectivity index (χ0v) is 10.6. The van der Waals surface area contributed by atoms with Gasteiger partial charge in [0.15, 0.2) is 0 Å². The molecule has 0 spiro atoms. The molecule has 5 nitrogen and oxygen atoms in total. The van der Waals surface area contributed by atoms with Crippen LogP contribution in [0.3, 0.4) is 0 Å². The zero-order chi connectivity index (χ0) is 14.6. The van der Waals surface area contributed by atoms with Crippen LogP contribution in [0.2, 0.25) is 0 Å². The molecule has 19 heavy (non-hydrogen) atoms. The van der Waals surface area contributed by atoms with Crippen LogP contribution in [-0.4, -0.2) is 66.2 Å². The smallest absolute Gasteiger partial charge is 0.401 e. The van der Waals surface area contributed by atoms with Crippen molar-refractivity contribution < 1.29 is 27.9 Å². The van der Waals surface area contributed by atoms with Crippen LogP contribution in [0, 0.1) is 5.92 Å². The third-order valence-corrected chi connectivity index (χ3v) is 3.05. The summed E-state index contributed by atoms with van der Waals surface area (Å²) in [6.45, 7) is -0.868. The van der Waals surface area contributed by atoms with Crippen molar-refractivity contribution in [1.29, 1.82) is 0 Å². The van der Waals surface area contributed by atoms with Gasteiger partial charge in [-0.3, -0.25) is 14.5 Å². The molecule has 8 heteroatoms. The maximum atomic E-state index is 12.1. The molecule has 1 saturated heterocycles. The maximum absolute atomic E-state index is 12.1. The fourth-order valence-electron chi connectivity index (χ4n) is 2.07. The lowest BCUT2D eigenvalue weighted by molar-refractivity contribution is -0.151. The molecule has 1 N–H and O–H groups in total. The number of nitrogens with zero attached hydrogens (tertiary/aromatic N) is 2. The number of carboxylic acids is 1. The average molecular weight is 282 g/mol. The first kappa shape index (κ1) is 15.7. The van der Waals surface area contributed by atoms with Gasteiger partial charge in [-0.2, -0.15) is 13.2 Å². The van der Waals surface area contributed by atoms with Gasteiger partial charge < -0.3 is 10.0 Å². The topological polar surface area (TPSA) is 60.9 Å². The van der Waals surface area contributed by atoms with E-state index in [0.717, 1.165) is 4.90 Å². The number of hydrogen-bond acceptors (Lipinski definition) is 3. The molecule has 0 atom stereocenters. The molecule has 1 rings (SSSR count). The highest BCUT2D eigenvalue weighted by Gasteiger charge is 2.31. The van der Waals surface area contributed by atoms with Gasteiger partial charge in [-0.05, 0) is 19.9 Å². The van der Waals surface area contributed by atoms with Crippen molar-refractivity contribution in [2.75, 3.05) is 33.2 Å². The normalized spacial score (nSPS) is 17.8. The number of carboxylic acid groups (broad SMARTS) is 1. The second kappa shape index (κ2) is 6.23. The molecule has 1 heterocycles. The Morgan fingerprint density at radius 3 is 2.26 bits per heavy atom. The Kier molecular flexibility index (Phi) is 5.16. The van der Waals surface area contributed by atoms with Crippen LogP contribution >= 0.6 is 0 Å². The molecule has 0 aromatic rings. The van der Waals surface area contributed by atoms with E-state index in [1.807, 2.05) is 0 Å². The lowest BCUT2D eigenvalue weighted by Crippen LogP contribution is -2.45. The third kappa shape index (κ3) is 5.46. The van der Waals surface area contributed by atoms with Gasteiger partial charge in [0, 0.05) is 13.1 Å². The van der Waals surface area contributed by atoms with Gasteiger partial charge in [-0.1, -0.05) is 0 Å². The van der Waals surface area contributed by atoms with Crippen molar-refractivity contribution in [1.82, 2.24) is 9.80 Å². The fourth-order valence-corrected chi connectivity index (χ4v) is 2.07. The molecule has 1 amide bonds. The van der Waals surface area contributed by atoms with E-state index >= 15 is 0 Å². The third-order valence-electron chi connectivity index (χ3n) is 3.05. The number of hydrogen-bond donors (Lipinski definition) is 1. The Hall–Kier alpha value is -1.31. The molecule has 1 fully saturated rings. The predicted molar refractivity (Wildman–Crippen MR) is 60.5 cm³/mol. The minimum Gasteiger partial charge on any atom is -0.481 e. The average Bonchev–Trinajstić information content (AvgIpc) is 2.26. The molecular formula is C11H17F3N2O3. The van der Waals surface area contributed by atoms with Crippen LogP contribution in [0.25, 0.3) is 0 Å². The quantitative estimate of drug-likeness (QED) is 0.828. The zero-order valence-electron chi connectivity index (χ0n) is 10.6. The van der Waals surface area contributed by atoms with Crippen molar-refractivity contribution in [2.24, 2.45) is 5.92 Å². The van der Waals surface area contributed by atoms with Gasteiger partial charge in [-0.25, -0.2) is 0 Å². The molecule has 0 aliphatic carbocycles. The number of carbonyl (C=O) groups excluding carboxylic acids is 1. The number of rotatable bonds is 4. The summed E-state index contributed by atoms with van der Waals surface area (Å²) < 4.78 is 36.3. The van der Waals surface area contributed by atoms with Crippen molar-refractivity contribution in [2.45, 2.75) is 19.0 Å². The molecule has 1 aliphatic rings. The summed E-state index contributed by atoms with van der Waals surface area (Å²) in [5, 5.41) is 8.80. The van der Waals surface area contributed by atoms with E-state index in [4.69, 9.17) is 5.11 Å². The highest BCUT2D eigenvalue weighted by Crippen LogP contribution is 2.18. The predicted octanol–water partition coefficient (Wildman–Crippen LogP) is 0.804. The van der Waals surface area contributed by atoms with Crippen LogP contribution in [0.5, 0.6) is 0 Å². The Labute approximate surface area is 109 Å². The molecule has 0 aromatic heterocycles. The molecule has 0 saturated carbocycles. The lowest BCUT2D eigenvalue weighted by atomic mass is 9.97. The first-order valence-electron chi connectivity index (χ1n) is 5.95. The van der Waals surface area contributed by atoms with Crippen molar-refractivity contribution in [3.8, 4) is 0 Å². The first-order chi connectivity index (χ1) is 8.69. The van der Waals surface area contributed by atoms with Crippen LogP contribution in [-0.2, 0) is 9.59 Å². The number of likely N-dealkylation sites (tertiary alicyclic amines) is 1.